The number of anilines is 1. The predicted molar refractivity (Wildman–Crippen MR) is 90.5 cm³/mol. The maximum atomic E-state index is 12.5. The van der Waals surface area contributed by atoms with E-state index in [1.165, 1.54) is 0 Å². The zero-order valence-corrected chi connectivity index (χ0v) is 13.4. The van der Waals surface area contributed by atoms with Gasteiger partial charge in [0.15, 0.2) is 0 Å². The number of hydrogen-bond acceptors (Lipinski definition) is 2. The molecular weight excluding hydrogens is 319 g/mol. The molecule has 0 spiro atoms. The smallest absolute Gasteiger partial charge is 0.244 e. The van der Waals surface area contributed by atoms with Gasteiger partial charge in [-0.15, -0.1) is 0 Å². The van der Waals surface area contributed by atoms with Gasteiger partial charge >= 0.3 is 0 Å². The Hall–Kier alpha value is -1.55. The zero-order chi connectivity index (χ0) is 15.5. The van der Waals surface area contributed by atoms with Gasteiger partial charge in [0.1, 0.15) is 0 Å². The minimum absolute atomic E-state index is 0.0714. The Balaban J connectivity index is 1.64. The zero-order valence-electron chi connectivity index (χ0n) is 11.9. The molecule has 0 aromatic heterocycles. The number of halogens is 2. The monoisotopic (exact) mass is 334 g/mol. The summed E-state index contributed by atoms with van der Waals surface area (Å²) in [5.74, 6) is 0.0714. The first-order valence-electron chi connectivity index (χ1n) is 7.19. The summed E-state index contributed by atoms with van der Waals surface area (Å²) in [6.45, 7) is 1.32. The van der Waals surface area contributed by atoms with Gasteiger partial charge in [0.2, 0.25) is 5.91 Å². The van der Waals surface area contributed by atoms with Crippen LogP contribution in [0.4, 0.5) is 5.69 Å². The van der Waals surface area contributed by atoms with Gasteiger partial charge in [-0.05, 0) is 36.2 Å². The first kappa shape index (κ1) is 15.3. The molecule has 1 aliphatic heterocycles. The molecule has 3 rings (SSSR count). The standard InChI is InChI=1S/C17H16Cl2N2O/c18-13-7-5-12(6-8-13)11-20-15-9-10-21(17(15)22)16-4-2-1-3-14(16)19/h1-8,15,20H,9-11H2. The van der Waals surface area contributed by atoms with Crippen LogP contribution < -0.4 is 10.2 Å². The summed E-state index contributed by atoms with van der Waals surface area (Å²) >= 11 is 12.0. The third-order valence-electron chi connectivity index (χ3n) is 3.81. The average Bonchev–Trinajstić information content (AvgIpc) is 2.88. The highest BCUT2D eigenvalue weighted by Gasteiger charge is 2.32. The van der Waals surface area contributed by atoms with Gasteiger partial charge < -0.3 is 10.2 Å². The van der Waals surface area contributed by atoms with Crippen molar-refractivity contribution < 1.29 is 4.79 Å². The number of para-hydroxylation sites is 1. The molecule has 1 aliphatic rings. The van der Waals surface area contributed by atoms with E-state index in [9.17, 15) is 4.79 Å². The fraction of sp³-hybridized carbons (Fsp3) is 0.235. The Morgan fingerprint density at radius 1 is 1.09 bits per heavy atom. The lowest BCUT2D eigenvalue weighted by Gasteiger charge is -2.18. The maximum Gasteiger partial charge on any atom is 0.244 e. The molecule has 0 radical (unpaired) electrons. The molecule has 0 aliphatic carbocycles. The van der Waals surface area contributed by atoms with Gasteiger partial charge in [-0.3, -0.25) is 4.79 Å². The Kier molecular flexibility index (Phi) is 4.67. The fourth-order valence-electron chi connectivity index (χ4n) is 2.62. The van der Waals surface area contributed by atoms with Crippen LogP contribution in [-0.4, -0.2) is 18.5 Å². The molecule has 0 bridgehead atoms. The van der Waals surface area contributed by atoms with Crippen LogP contribution in [0.5, 0.6) is 0 Å². The molecule has 22 heavy (non-hydrogen) atoms. The van der Waals surface area contributed by atoms with Crippen LogP contribution in [0.25, 0.3) is 0 Å². The van der Waals surface area contributed by atoms with E-state index in [1.807, 2.05) is 42.5 Å². The van der Waals surface area contributed by atoms with Crippen LogP contribution in [0.2, 0.25) is 10.0 Å². The van der Waals surface area contributed by atoms with Gasteiger partial charge in [0, 0.05) is 18.1 Å². The van der Waals surface area contributed by atoms with Crippen LogP contribution in [-0.2, 0) is 11.3 Å². The van der Waals surface area contributed by atoms with E-state index in [0.29, 0.717) is 23.1 Å². The third kappa shape index (κ3) is 3.27. The van der Waals surface area contributed by atoms with E-state index < -0.39 is 0 Å². The number of carbonyl (C=O) groups is 1. The van der Waals surface area contributed by atoms with E-state index in [2.05, 4.69) is 5.32 Å². The van der Waals surface area contributed by atoms with Crippen LogP contribution in [0.1, 0.15) is 12.0 Å². The Morgan fingerprint density at radius 3 is 2.55 bits per heavy atom. The second-order valence-electron chi connectivity index (χ2n) is 5.29. The van der Waals surface area contributed by atoms with Crippen LogP contribution in [0.15, 0.2) is 48.5 Å². The van der Waals surface area contributed by atoms with Crippen molar-refractivity contribution in [2.75, 3.05) is 11.4 Å². The van der Waals surface area contributed by atoms with Crippen molar-refractivity contribution in [1.29, 1.82) is 0 Å². The van der Waals surface area contributed by atoms with Gasteiger partial charge in [0.25, 0.3) is 0 Å². The Morgan fingerprint density at radius 2 is 1.82 bits per heavy atom. The molecule has 1 unspecified atom stereocenters. The van der Waals surface area contributed by atoms with Gasteiger partial charge in [-0.1, -0.05) is 47.5 Å². The molecule has 2 aromatic carbocycles. The SMILES string of the molecule is O=C1C(NCc2ccc(Cl)cc2)CCN1c1ccccc1Cl. The number of benzene rings is 2. The molecule has 1 fully saturated rings. The fourth-order valence-corrected chi connectivity index (χ4v) is 2.99. The number of nitrogens with one attached hydrogen (secondary N) is 1. The van der Waals surface area contributed by atoms with Gasteiger partial charge in [-0.25, -0.2) is 0 Å². The highest BCUT2D eigenvalue weighted by atomic mass is 35.5. The van der Waals surface area contributed by atoms with Gasteiger partial charge in [0.05, 0.1) is 16.8 Å². The molecular formula is C17H16Cl2N2O. The highest BCUT2D eigenvalue weighted by Crippen LogP contribution is 2.29. The number of carbonyl (C=O) groups excluding carboxylic acids is 1. The largest absolute Gasteiger partial charge is 0.310 e. The van der Waals surface area contributed by atoms with E-state index in [4.69, 9.17) is 23.2 Å². The summed E-state index contributed by atoms with van der Waals surface area (Å²) in [5, 5.41) is 4.63. The molecule has 0 saturated carbocycles. The highest BCUT2D eigenvalue weighted by molar-refractivity contribution is 6.34. The predicted octanol–water partition coefficient (Wildman–Crippen LogP) is 3.89. The molecule has 3 nitrogen and oxygen atoms in total. The van der Waals surface area contributed by atoms with Gasteiger partial charge in [-0.2, -0.15) is 0 Å². The van der Waals surface area contributed by atoms with Crippen LogP contribution in [0.3, 0.4) is 0 Å². The molecule has 1 amide bonds. The first-order chi connectivity index (χ1) is 10.6. The van der Waals surface area contributed by atoms with E-state index in [1.54, 1.807) is 11.0 Å². The molecule has 1 N–H and O–H groups in total. The van der Waals surface area contributed by atoms with E-state index in [-0.39, 0.29) is 11.9 Å². The summed E-state index contributed by atoms with van der Waals surface area (Å²) in [6.07, 6.45) is 0.775. The number of amides is 1. The minimum Gasteiger partial charge on any atom is -0.310 e. The van der Waals surface area contributed by atoms with E-state index in [0.717, 1.165) is 17.7 Å². The van der Waals surface area contributed by atoms with Crippen molar-refractivity contribution in [2.24, 2.45) is 0 Å². The second kappa shape index (κ2) is 6.69. The molecule has 1 heterocycles. The summed E-state index contributed by atoms with van der Waals surface area (Å²) in [7, 11) is 0. The molecule has 1 atom stereocenters. The summed E-state index contributed by atoms with van der Waals surface area (Å²) in [6, 6.07) is 14.9. The summed E-state index contributed by atoms with van der Waals surface area (Å²) in [5.41, 5.74) is 1.89. The number of nitrogens with zero attached hydrogens (tertiary/aromatic N) is 1. The number of rotatable bonds is 4. The molecule has 5 heteroatoms. The lowest BCUT2D eigenvalue weighted by Crippen LogP contribution is -2.38. The summed E-state index contributed by atoms with van der Waals surface area (Å²) < 4.78 is 0. The average molecular weight is 335 g/mol. The van der Waals surface area contributed by atoms with Crippen molar-refractivity contribution in [3.05, 3.63) is 64.1 Å². The van der Waals surface area contributed by atoms with Crippen molar-refractivity contribution in [3.63, 3.8) is 0 Å². The van der Waals surface area contributed by atoms with Crippen molar-refractivity contribution in [3.8, 4) is 0 Å². The minimum atomic E-state index is -0.174. The van der Waals surface area contributed by atoms with Crippen LogP contribution in [0, 0.1) is 0 Å². The summed E-state index contributed by atoms with van der Waals surface area (Å²) in [4.78, 5) is 14.3. The van der Waals surface area contributed by atoms with Crippen molar-refractivity contribution >= 4 is 34.8 Å². The Labute approximate surface area is 139 Å². The Bertz CT molecular complexity index is 673. The van der Waals surface area contributed by atoms with Crippen molar-refractivity contribution in [1.82, 2.24) is 5.32 Å². The maximum absolute atomic E-state index is 12.5. The first-order valence-corrected chi connectivity index (χ1v) is 7.94. The second-order valence-corrected chi connectivity index (χ2v) is 6.13. The van der Waals surface area contributed by atoms with E-state index >= 15 is 0 Å². The number of hydrogen-bond donors (Lipinski definition) is 1. The molecule has 2 aromatic rings. The lowest BCUT2D eigenvalue weighted by molar-refractivity contribution is -0.118. The molecule has 114 valence electrons. The molecule has 1 saturated heterocycles. The van der Waals surface area contributed by atoms with Crippen LogP contribution >= 0.6 is 23.2 Å². The quantitative estimate of drug-likeness (QED) is 0.919. The van der Waals surface area contributed by atoms with Crippen molar-refractivity contribution in [2.45, 2.75) is 19.0 Å². The topological polar surface area (TPSA) is 32.3 Å². The normalized spacial score (nSPS) is 18.0. The third-order valence-corrected chi connectivity index (χ3v) is 4.39. The lowest BCUT2D eigenvalue weighted by atomic mass is 10.2.